The number of carbonyl (C=O) groups is 1. The van der Waals surface area contributed by atoms with Crippen LogP contribution < -0.4 is 6.15 Å². The normalized spacial score (nSPS) is 10.0. The second kappa shape index (κ2) is 4.23. The summed E-state index contributed by atoms with van der Waals surface area (Å²) in [5.74, 6) is -0.426. The highest BCUT2D eigenvalue weighted by atomic mass is 19.1. The molecule has 15 heavy (non-hydrogen) atoms. The van der Waals surface area contributed by atoms with Crippen molar-refractivity contribution in [3.05, 3.63) is 35.3 Å². The first-order valence-electron chi connectivity index (χ1n) is 4.41. The Morgan fingerprint density at radius 2 is 2.20 bits per heavy atom. The summed E-state index contributed by atoms with van der Waals surface area (Å²) in [6.07, 6.45) is 2.94. The summed E-state index contributed by atoms with van der Waals surface area (Å²) in [5.41, 5.74) is 1.51. The van der Waals surface area contributed by atoms with Gasteiger partial charge in [-0.2, -0.15) is 0 Å². The molecule has 1 aromatic heterocycles. The molecule has 0 amide bonds. The van der Waals surface area contributed by atoms with E-state index in [1.165, 1.54) is 18.4 Å². The SMILES string of the molecule is CCc1coc2c(F)ccc(C=O)c12.N. The van der Waals surface area contributed by atoms with Gasteiger partial charge in [-0.25, -0.2) is 4.39 Å². The molecular weight excluding hydrogens is 197 g/mol. The summed E-state index contributed by atoms with van der Waals surface area (Å²) in [6, 6.07) is 2.72. The molecule has 0 saturated carbocycles. The maximum Gasteiger partial charge on any atom is 0.170 e. The van der Waals surface area contributed by atoms with E-state index in [9.17, 15) is 9.18 Å². The molecule has 80 valence electrons. The molecule has 0 radical (unpaired) electrons. The summed E-state index contributed by atoms with van der Waals surface area (Å²) in [4.78, 5) is 10.7. The van der Waals surface area contributed by atoms with Gasteiger partial charge in [0.25, 0.3) is 0 Å². The topological polar surface area (TPSA) is 65.2 Å². The molecule has 3 nitrogen and oxygen atoms in total. The van der Waals surface area contributed by atoms with Gasteiger partial charge in [-0.3, -0.25) is 4.79 Å². The summed E-state index contributed by atoms with van der Waals surface area (Å²) in [7, 11) is 0. The Morgan fingerprint density at radius 1 is 1.47 bits per heavy atom. The van der Waals surface area contributed by atoms with E-state index >= 15 is 0 Å². The summed E-state index contributed by atoms with van der Waals surface area (Å²) in [5, 5.41) is 0.600. The minimum Gasteiger partial charge on any atom is -0.461 e. The number of carbonyl (C=O) groups excluding carboxylic acids is 1. The van der Waals surface area contributed by atoms with E-state index in [2.05, 4.69) is 0 Å². The first-order chi connectivity index (χ1) is 6.77. The van der Waals surface area contributed by atoms with Gasteiger partial charge in [0, 0.05) is 10.9 Å². The molecule has 2 rings (SSSR count). The van der Waals surface area contributed by atoms with Crippen molar-refractivity contribution in [1.82, 2.24) is 6.15 Å². The molecule has 4 heteroatoms. The number of hydrogen-bond donors (Lipinski definition) is 1. The van der Waals surface area contributed by atoms with Crippen LogP contribution in [-0.2, 0) is 6.42 Å². The van der Waals surface area contributed by atoms with Crippen molar-refractivity contribution in [2.45, 2.75) is 13.3 Å². The third kappa shape index (κ3) is 1.64. The summed E-state index contributed by atoms with van der Waals surface area (Å²) < 4.78 is 18.3. The van der Waals surface area contributed by atoms with Crippen LogP contribution in [0.3, 0.4) is 0 Å². The summed E-state index contributed by atoms with van der Waals surface area (Å²) in [6.45, 7) is 1.93. The number of aldehydes is 1. The molecule has 2 aromatic rings. The van der Waals surface area contributed by atoms with Crippen molar-refractivity contribution in [2.75, 3.05) is 0 Å². The third-order valence-electron chi connectivity index (χ3n) is 2.29. The quantitative estimate of drug-likeness (QED) is 0.773. The van der Waals surface area contributed by atoms with Crippen molar-refractivity contribution in [3.8, 4) is 0 Å². The van der Waals surface area contributed by atoms with Crippen LogP contribution in [0.2, 0.25) is 0 Å². The number of halogens is 1. The molecule has 0 spiro atoms. The lowest BCUT2D eigenvalue weighted by Gasteiger charge is -1.96. The first kappa shape index (κ1) is 11.4. The Morgan fingerprint density at radius 3 is 2.80 bits per heavy atom. The fourth-order valence-corrected chi connectivity index (χ4v) is 1.57. The molecule has 1 aromatic carbocycles. The maximum absolute atomic E-state index is 13.2. The molecule has 0 aliphatic heterocycles. The molecule has 3 N–H and O–H groups in total. The fraction of sp³-hybridized carbons (Fsp3) is 0.182. The van der Waals surface area contributed by atoms with Gasteiger partial charge in [0.2, 0.25) is 0 Å². The predicted octanol–water partition coefficient (Wildman–Crippen LogP) is 3.11. The van der Waals surface area contributed by atoms with Gasteiger partial charge >= 0.3 is 0 Å². The molecule has 0 atom stereocenters. The van der Waals surface area contributed by atoms with Crippen LogP contribution in [0.5, 0.6) is 0 Å². The van der Waals surface area contributed by atoms with E-state index in [0.717, 1.165) is 18.3 Å². The van der Waals surface area contributed by atoms with Crippen LogP contribution in [-0.4, -0.2) is 6.29 Å². The van der Waals surface area contributed by atoms with Crippen LogP contribution in [0.4, 0.5) is 4.39 Å². The molecule has 0 saturated heterocycles. The second-order valence-corrected chi connectivity index (χ2v) is 3.07. The zero-order valence-corrected chi connectivity index (χ0v) is 8.42. The Labute approximate surface area is 86.5 Å². The van der Waals surface area contributed by atoms with Crippen LogP contribution >= 0.6 is 0 Å². The number of aryl methyl sites for hydroxylation is 1. The van der Waals surface area contributed by atoms with Crippen LogP contribution in [0.15, 0.2) is 22.8 Å². The van der Waals surface area contributed by atoms with Gasteiger partial charge in [-0.15, -0.1) is 0 Å². The molecule has 0 unspecified atom stereocenters. The highest BCUT2D eigenvalue weighted by molar-refractivity contribution is 5.98. The number of benzene rings is 1. The number of fused-ring (bicyclic) bond motifs is 1. The van der Waals surface area contributed by atoms with Crippen molar-refractivity contribution >= 4 is 17.3 Å². The monoisotopic (exact) mass is 209 g/mol. The van der Waals surface area contributed by atoms with E-state index in [0.29, 0.717) is 10.9 Å². The molecule has 0 fully saturated rings. The van der Waals surface area contributed by atoms with Crippen LogP contribution in [0.1, 0.15) is 22.8 Å². The van der Waals surface area contributed by atoms with Crippen LogP contribution in [0, 0.1) is 5.82 Å². The van der Waals surface area contributed by atoms with Gasteiger partial charge in [-0.05, 0) is 24.1 Å². The van der Waals surface area contributed by atoms with Crippen molar-refractivity contribution < 1.29 is 13.6 Å². The van der Waals surface area contributed by atoms with E-state index in [-0.39, 0.29) is 11.7 Å². The standard InChI is InChI=1S/C11H9FO2.H3N/c1-2-7-6-14-11-9(12)4-3-8(5-13)10(7)11;/h3-6H,2H2,1H3;1H3. The van der Waals surface area contributed by atoms with Gasteiger partial charge in [0.05, 0.1) is 6.26 Å². The highest BCUT2D eigenvalue weighted by Gasteiger charge is 2.12. The average molecular weight is 209 g/mol. The van der Waals surface area contributed by atoms with E-state index in [1.807, 2.05) is 6.92 Å². The van der Waals surface area contributed by atoms with Crippen molar-refractivity contribution in [3.63, 3.8) is 0 Å². The van der Waals surface area contributed by atoms with E-state index in [4.69, 9.17) is 4.42 Å². The fourth-order valence-electron chi connectivity index (χ4n) is 1.57. The number of rotatable bonds is 2. The smallest absolute Gasteiger partial charge is 0.170 e. The lowest BCUT2D eigenvalue weighted by atomic mass is 10.1. The molecular formula is C11H12FNO2. The molecule has 0 bridgehead atoms. The number of furan rings is 1. The minimum absolute atomic E-state index is 0. The maximum atomic E-state index is 13.2. The lowest BCUT2D eigenvalue weighted by molar-refractivity contribution is 0.112. The van der Waals surface area contributed by atoms with Gasteiger partial charge in [0.15, 0.2) is 17.7 Å². The van der Waals surface area contributed by atoms with E-state index in [1.54, 1.807) is 0 Å². The van der Waals surface area contributed by atoms with E-state index < -0.39 is 5.82 Å². The Hall–Kier alpha value is -1.68. The zero-order chi connectivity index (χ0) is 10.1. The van der Waals surface area contributed by atoms with Crippen molar-refractivity contribution in [1.29, 1.82) is 0 Å². The Balaban J connectivity index is 0.00000112. The Bertz CT molecular complexity index is 491. The first-order valence-corrected chi connectivity index (χ1v) is 4.41. The number of hydrogen-bond acceptors (Lipinski definition) is 3. The van der Waals surface area contributed by atoms with Gasteiger partial charge < -0.3 is 10.6 Å². The third-order valence-corrected chi connectivity index (χ3v) is 2.29. The molecule has 0 aliphatic rings. The van der Waals surface area contributed by atoms with Gasteiger partial charge in [-0.1, -0.05) is 6.92 Å². The lowest BCUT2D eigenvalue weighted by Crippen LogP contribution is -1.86. The van der Waals surface area contributed by atoms with Crippen molar-refractivity contribution in [2.24, 2.45) is 0 Å². The average Bonchev–Trinajstić information content (AvgIpc) is 2.63. The highest BCUT2D eigenvalue weighted by Crippen LogP contribution is 2.26. The minimum atomic E-state index is -0.426. The molecule has 0 aliphatic carbocycles. The second-order valence-electron chi connectivity index (χ2n) is 3.07. The van der Waals surface area contributed by atoms with Crippen LogP contribution in [0.25, 0.3) is 11.0 Å². The van der Waals surface area contributed by atoms with Gasteiger partial charge in [0.1, 0.15) is 0 Å². The Kier molecular flexibility index (Phi) is 3.21. The molecule has 1 heterocycles. The predicted molar refractivity (Wildman–Crippen MR) is 56.0 cm³/mol. The largest absolute Gasteiger partial charge is 0.461 e. The summed E-state index contributed by atoms with van der Waals surface area (Å²) >= 11 is 0. The zero-order valence-electron chi connectivity index (χ0n) is 8.42.